The first kappa shape index (κ1) is 34.9. The van der Waals surface area contributed by atoms with Crippen LogP contribution in [0.3, 0.4) is 0 Å². The summed E-state index contributed by atoms with van der Waals surface area (Å²) in [6.45, 7) is 4.47. The first-order valence-corrected chi connectivity index (χ1v) is 17.5. The van der Waals surface area contributed by atoms with Crippen molar-refractivity contribution in [3.63, 3.8) is 0 Å². The van der Waals surface area contributed by atoms with E-state index in [9.17, 15) is 19.5 Å². The molecule has 4 N–H and O–H groups in total. The number of halogens is 2. The second-order valence-corrected chi connectivity index (χ2v) is 14.0. The number of aryl methyl sites for hydroxylation is 1. The van der Waals surface area contributed by atoms with E-state index in [1.54, 1.807) is 38.1 Å². The van der Waals surface area contributed by atoms with Crippen LogP contribution in [0.4, 0.5) is 14.9 Å². The Balaban J connectivity index is 1.16. The number of hydrogen-bond acceptors (Lipinski definition) is 8. The second-order valence-electron chi connectivity index (χ2n) is 13.6. The van der Waals surface area contributed by atoms with E-state index >= 15 is 4.39 Å². The number of aromatic nitrogens is 1. The average molecular weight is 718 g/mol. The van der Waals surface area contributed by atoms with Gasteiger partial charge in [0.1, 0.15) is 11.4 Å². The van der Waals surface area contributed by atoms with Crippen LogP contribution in [0, 0.1) is 12.7 Å². The summed E-state index contributed by atoms with van der Waals surface area (Å²) in [5, 5.41) is 16.9. The topological polar surface area (TPSA) is 139 Å². The third-order valence-electron chi connectivity index (χ3n) is 10.7. The smallest absolute Gasteiger partial charge is 0.317 e. The maximum Gasteiger partial charge on any atom is 0.317 e. The summed E-state index contributed by atoms with van der Waals surface area (Å²) >= 11 is 7.08. The van der Waals surface area contributed by atoms with Crippen molar-refractivity contribution in [3.8, 4) is 28.3 Å². The molecule has 7 rings (SSSR count). The van der Waals surface area contributed by atoms with Gasteiger partial charge in [0.05, 0.1) is 30.0 Å². The highest BCUT2D eigenvalue weighted by Crippen LogP contribution is 2.47. The molecular weight excluding hydrogens is 677 g/mol. The first-order valence-electron chi connectivity index (χ1n) is 17.2. The lowest BCUT2D eigenvalue weighted by Gasteiger charge is -2.40. The lowest BCUT2D eigenvalue weighted by molar-refractivity contribution is -0.131. The number of aliphatic hydroxyl groups is 1. The minimum atomic E-state index is -0.584. The first-order chi connectivity index (χ1) is 24.5. The normalized spacial score (nSPS) is 21.9. The molecule has 268 valence electrons. The van der Waals surface area contributed by atoms with Crippen molar-refractivity contribution < 1.29 is 28.6 Å². The Morgan fingerprint density at radius 3 is 2.75 bits per heavy atom. The molecule has 51 heavy (non-hydrogen) atoms. The Hall–Kier alpha value is -4.56. The van der Waals surface area contributed by atoms with Gasteiger partial charge in [0.25, 0.3) is 11.8 Å². The van der Waals surface area contributed by atoms with Gasteiger partial charge in [0.2, 0.25) is 5.88 Å². The zero-order chi connectivity index (χ0) is 36.0. The molecule has 0 bridgehead atoms. The number of aliphatic hydroxyl groups excluding tert-OH is 1. The standard InChI is InChI=1S/C37H41ClFN7O5/c1-21-27(41-33(48)25-11-14-40-44(2)35(25)49)9-8-26(39)30(21)24-6-4-5-23(32(24)38)28-19-22-7-10-29(31(22)34(42-28)51-3)46-16-13-37(20-46)12-15-45(17-18-47)36(50)43-37/h4-6,8-9,11,19,29,40,47H,7,10,12-18,20H2,1-3H3,(H,41,48)(H,43,50). The van der Waals surface area contributed by atoms with Crippen molar-refractivity contribution >= 4 is 35.1 Å². The van der Waals surface area contributed by atoms with Crippen LogP contribution in [0.1, 0.15) is 42.0 Å². The molecule has 2 saturated heterocycles. The van der Waals surface area contributed by atoms with E-state index in [1.807, 2.05) is 12.1 Å². The molecule has 1 spiro atoms. The second kappa shape index (κ2) is 13.9. The van der Waals surface area contributed by atoms with E-state index in [2.05, 4.69) is 21.0 Å². The zero-order valence-electron chi connectivity index (χ0n) is 28.8. The summed E-state index contributed by atoms with van der Waals surface area (Å²) in [7, 11) is 3.14. The summed E-state index contributed by atoms with van der Waals surface area (Å²) < 4.78 is 21.5. The number of hydrazine groups is 1. The molecule has 4 aliphatic rings. The minimum Gasteiger partial charge on any atom is -0.481 e. The van der Waals surface area contributed by atoms with Crippen molar-refractivity contribution in [2.75, 3.05) is 58.8 Å². The molecule has 1 aliphatic carbocycles. The number of anilines is 1. The van der Waals surface area contributed by atoms with Gasteiger partial charge in [-0.25, -0.2) is 19.6 Å². The van der Waals surface area contributed by atoms with Crippen molar-refractivity contribution in [1.82, 2.24) is 30.5 Å². The summed E-state index contributed by atoms with van der Waals surface area (Å²) in [4.78, 5) is 47.4. The van der Waals surface area contributed by atoms with Gasteiger partial charge in [-0.3, -0.25) is 19.5 Å². The number of fused-ring (bicyclic) bond motifs is 1. The van der Waals surface area contributed by atoms with Gasteiger partial charge in [-0.05, 0) is 61.9 Å². The lowest BCUT2D eigenvalue weighted by Crippen LogP contribution is -2.61. The molecule has 12 nitrogen and oxygen atoms in total. The Bertz CT molecular complexity index is 1960. The monoisotopic (exact) mass is 717 g/mol. The SMILES string of the molecule is COc1nc(-c2cccc(-c3c(F)ccc(NC(=O)C4=CCNN(C)C4=O)c3C)c2Cl)cc2c1C(N1CCC3(CCN(CCO)C(=O)N3)C1)CC2. The number of β-amino-alcohol motifs (C(OH)–C–C–N with tert-alkyl or cyclic N) is 1. The maximum atomic E-state index is 15.6. The number of urea groups is 1. The van der Waals surface area contributed by atoms with Crippen molar-refractivity contribution in [2.24, 2.45) is 0 Å². The van der Waals surface area contributed by atoms with Gasteiger partial charge >= 0.3 is 6.03 Å². The summed E-state index contributed by atoms with van der Waals surface area (Å²) in [5.41, 5.74) is 7.36. The van der Waals surface area contributed by atoms with Crippen LogP contribution in [-0.2, 0) is 16.0 Å². The Labute approximate surface area is 300 Å². The Morgan fingerprint density at radius 1 is 1.20 bits per heavy atom. The third-order valence-corrected chi connectivity index (χ3v) is 11.1. The molecule has 2 atom stereocenters. The molecular formula is C37H41ClFN7O5. The number of ether oxygens (including phenoxy) is 1. The summed E-state index contributed by atoms with van der Waals surface area (Å²) in [6.07, 6.45) is 4.87. The lowest BCUT2D eigenvalue weighted by atomic mass is 9.92. The molecule has 2 aromatic carbocycles. The number of carbonyl (C=O) groups excluding carboxylic acids is 3. The van der Waals surface area contributed by atoms with Crippen LogP contribution < -0.4 is 20.8 Å². The van der Waals surface area contributed by atoms with E-state index in [0.29, 0.717) is 58.6 Å². The molecule has 0 radical (unpaired) electrons. The minimum absolute atomic E-state index is 0.00370. The molecule has 14 heteroatoms. The largest absolute Gasteiger partial charge is 0.481 e. The molecule has 2 fully saturated rings. The molecule has 1 aromatic heterocycles. The Morgan fingerprint density at radius 2 is 1.98 bits per heavy atom. The molecule has 3 aromatic rings. The van der Waals surface area contributed by atoms with Crippen LogP contribution >= 0.6 is 11.6 Å². The van der Waals surface area contributed by atoms with Gasteiger partial charge in [0.15, 0.2) is 0 Å². The average Bonchev–Trinajstić information content (AvgIpc) is 3.73. The number of hydrogen-bond donors (Lipinski definition) is 4. The Kier molecular flexibility index (Phi) is 9.48. The van der Waals surface area contributed by atoms with E-state index in [0.717, 1.165) is 49.9 Å². The number of nitrogens with one attached hydrogen (secondary N) is 3. The number of nitrogens with zero attached hydrogens (tertiary/aromatic N) is 4. The summed E-state index contributed by atoms with van der Waals surface area (Å²) in [6, 6.07) is 10.1. The number of benzene rings is 2. The highest BCUT2D eigenvalue weighted by Gasteiger charge is 2.46. The van der Waals surface area contributed by atoms with Crippen LogP contribution in [0.5, 0.6) is 5.88 Å². The van der Waals surface area contributed by atoms with E-state index in [1.165, 1.54) is 23.2 Å². The van der Waals surface area contributed by atoms with Crippen LogP contribution in [-0.4, -0.2) is 102 Å². The quantitative estimate of drug-likeness (QED) is 0.255. The van der Waals surface area contributed by atoms with Crippen LogP contribution in [0.25, 0.3) is 22.4 Å². The fourth-order valence-electron chi connectivity index (χ4n) is 7.94. The highest BCUT2D eigenvalue weighted by atomic mass is 35.5. The van der Waals surface area contributed by atoms with Crippen LogP contribution in [0.2, 0.25) is 5.02 Å². The van der Waals surface area contributed by atoms with Crippen molar-refractivity contribution in [2.45, 2.75) is 44.2 Å². The fraction of sp³-hybridized carbons (Fsp3) is 0.405. The zero-order valence-corrected chi connectivity index (χ0v) is 29.6. The number of pyridine rings is 1. The van der Waals surface area contributed by atoms with Gasteiger partial charge in [-0.1, -0.05) is 35.9 Å². The number of likely N-dealkylation sites (N-methyl/N-ethyl adjacent to an activating group) is 1. The fourth-order valence-corrected chi connectivity index (χ4v) is 8.26. The molecule has 4 amide bonds. The third kappa shape index (κ3) is 6.32. The molecule has 3 aliphatic heterocycles. The highest BCUT2D eigenvalue weighted by molar-refractivity contribution is 6.36. The predicted molar refractivity (Wildman–Crippen MR) is 191 cm³/mol. The number of rotatable bonds is 8. The van der Waals surface area contributed by atoms with E-state index in [-0.39, 0.29) is 35.4 Å². The molecule has 2 unspecified atom stereocenters. The van der Waals surface area contributed by atoms with Gasteiger partial charge in [-0.15, -0.1) is 0 Å². The van der Waals surface area contributed by atoms with Crippen molar-refractivity contribution in [3.05, 3.63) is 75.6 Å². The number of carbonyl (C=O) groups is 3. The van der Waals surface area contributed by atoms with E-state index < -0.39 is 17.6 Å². The maximum absolute atomic E-state index is 15.6. The van der Waals surface area contributed by atoms with Gasteiger partial charge in [0, 0.05) is 73.8 Å². The van der Waals surface area contributed by atoms with E-state index in [4.69, 9.17) is 21.3 Å². The van der Waals surface area contributed by atoms with Gasteiger partial charge in [-0.2, -0.15) is 0 Å². The molecule has 4 heterocycles. The molecule has 0 saturated carbocycles. The number of methoxy groups -OCH3 is 1. The number of likely N-dealkylation sites (tertiary alicyclic amines) is 1. The predicted octanol–water partition coefficient (Wildman–Crippen LogP) is 4.21. The van der Waals surface area contributed by atoms with Gasteiger partial charge < -0.3 is 25.4 Å². The van der Waals surface area contributed by atoms with Crippen LogP contribution in [0.15, 0.2) is 48.0 Å². The number of amides is 4. The summed E-state index contributed by atoms with van der Waals surface area (Å²) in [5.74, 6) is -1.05. The van der Waals surface area contributed by atoms with Crippen molar-refractivity contribution in [1.29, 1.82) is 0 Å².